The number of benzene rings is 1. The quantitative estimate of drug-likeness (QED) is 0.904. The molecule has 1 N–H and O–H groups in total. The molecule has 4 heteroatoms. The smallest absolute Gasteiger partial charge is 0.160 e. The largest absolute Gasteiger partial charge is 0.366 e. The highest BCUT2D eigenvalue weighted by Crippen LogP contribution is 2.28. The summed E-state index contributed by atoms with van der Waals surface area (Å²) in [6.45, 7) is 8.11. The number of piperazine rings is 1. The molecule has 1 atom stereocenters. The molecule has 0 bridgehead atoms. The van der Waals surface area contributed by atoms with Gasteiger partial charge in [-0.05, 0) is 31.9 Å². The van der Waals surface area contributed by atoms with Crippen molar-refractivity contribution >= 4 is 5.69 Å². The van der Waals surface area contributed by atoms with Gasteiger partial charge in [0.2, 0.25) is 0 Å². The summed E-state index contributed by atoms with van der Waals surface area (Å²) in [7, 11) is 0. The number of anilines is 1. The van der Waals surface area contributed by atoms with E-state index in [2.05, 4.69) is 31.0 Å². The molecule has 1 aliphatic rings. The summed E-state index contributed by atoms with van der Waals surface area (Å²) in [4.78, 5) is 2.17. The van der Waals surface area contributed by atoms with Gasteiger partial charge >= 0.3 is 0 Å². The number of rotatable bonds is 3. The van der Waals surface area contributed by atoms with Crippen LogP contribution < -0.4 is 10.2 Å². The highest BCUT2D eigenvalue weighted by Gasteiger charge is 2.35. The molecular weight excluding hydrogens is 246 g/mol. The Bertz CT molecular complexity index is 444. The monoisotopic (exact) mass is 268 g/mol. The molecule has 1 unspecified atom stereocenters. The van der Waals surface area contributed by atoms with E-state index >= 15 is 0 Å². The van der Waals surface area contributed by atoms with Crippen molar-refractivity contribution in [3.63, 3.8) is 0 Å². The summed E-state index contributed by atoms with van der Waals surface area (Å²) in [5, 5.41) is 3.60. The number of halogens is 2. The van der Waals surface area contributed by atoms with Gasteiger partial charge in [-0.15, -0.1) is 0 Å². The predicted octanol–water partition coefficient (Wildman–Crippen LogP) is 3.32. The van der Waals surface area contributed by atoms with Gasteiger partial charge in [-0.2, -0.15) is 0 Å². The number of nitrogens with one attached hydrogen (secondary N) is 1. The molecule has 0 spiro atoms. The van der Waals surface area contributed by atoms with Gasteiger partial charge in [0.15, 0.2) is 11.6 Å². The molecule has 0 aliphatic carbocycles. The molecule has 0 radical (unpaired) electrons. The molecule has 1 aliphatic heterocycles. The maximum absolute atomic E-state index is 13.4. The van der Waals surface area contributed by atoms with Crippen LogP contribution in [0.5, 0.6) is 0 Å². The molecule has 0 amide bonds. The van der Waals surface area contributed by atoms with E-state index in [-0.39, 0.29) is 11.6 Å². The third-order valence-corrected chi connectivity index (χ3v) is 4.37. The van der Waals surface area contributed by atoms with Crippen LogP contribution in [0.25, 0.3) is 0 Å². The Hall–Kier alpha value is -1.16. The minimum absolute atomic E-state index is 0.0668. The van der Waals surface area contributed by atoms with Crippen molar-refractivity contribution in [2.75, 3.05) is 18.0 Å². The first-order valence-electron chi connectivity index (χ1n) is 6.98. The van der Waals surface area contributed by atoms with E-state index in [0.29, 0.717) is 0 Å². The van der Waals surface area contributed by atoms with Crippen molar-refractivity contribution in [1.29, 1.82) is 0 Å². The van der Waals surface area contributed by atoms with Gasteiger partial charge in [0.25, 0.3) is 0 Å². The minimum Gasteiger partial charge on any atom is -0.366 e. The summed E-state index contributed by atoms with van der Waals surface area (Å²) < 4.78 is 26.4. The average molecular weight is 268 g/mol. The molecule has 0 saturated carbocycles. The average Bonchev–Trinajstić information content (AvgIpc) is 2.43. The first-order chi connectivity index (χ1) is 9.01. The molecule has 1 aromatic rings. The second-order valence-corrected chi connectivity index (χ2v) is 5.44. The summed E-state index contributed by atoms with van der Waals surface area (Å²) in [6.07, 6.45) is 2.05. The van der Waals surface area contributed by atoms with Crippen molar-refractivity contribution in [3.8, 4) is 0 Å². The standard InChI is InChI=1S/C15H22F2N2/c1-4-15(5-2)10-19(11(3)9-18-15)12-6-7-13(16)14(17)8-12/h6-8,11,18H,4-5,9-10H2,1-3H3. The Balaban J connectivity index is 2.28. The molecule has 1 aromatic carbocycles. The lowest BCUT2D eigenvalue weighted by molar-refractivity contribution is 0.253. The van der Waals surface area contributed by atoms with Gasteiger partial charge in [-0.3, -0.25) is 0 Å². The van der Waals surface area contributed by atoms with E-state index in [4.69, 9.17) is 0 Å². The predicted molar refractivity (Wildman–Crippen MR) is 74.5 cm³/mol. The minimum atomic E-state index is -0.788. The Morgan fingerprint density at radius 2 is 1.95 bits per heavy atom. The summed E-state index contributed by atoms with van der Waals surface area (Å²) in [6, 6.07) is 4.44. The van der Waals surface area contributed by atoms with Crippen molar-refractivity contribution in [2.24, 2.45) is 0 Å². The maximum atomic E-state index is 13.4. The lowest BCUT2D eigenvalue weighted by atomic mass is 9.88. The highest BCUT2D eigenvalue weighted by atomic mass is 19.2. The van der Waals surface area contributed by atoms with Gasteiger partial charge in [0.05, 0.1) is 0 Å². The van der Waals surface area contributed by atoms with Crippen LogP contribution in [0, 0.1) is 11.6 Å². The van der Waals surface area contributed by atoms with Crippen LogP contribution in [0.3, 0.4) is 0 Å². The van der Waals surface area contributed by atoms with Gasteiger partial charge < -0.3 is 10.2 Å². The molecule has 2 rings (SSSR count). The van der Waals surface area contributed by atoms with Crippen molar-refractivity contribution in [2.45, 2.75) is 45.2 Å². The molecule has 2 nitrogen and oxygen atoms in total. The molecule has 0 aromatic heterocycles. The topological polar surface area (TPSA) is 15.3 Å². The number of nitrogens with zero attached hydrogens (tertiary/aromatic N) is 1. The Morgan fingerprint density at radius 1 is 1.26 bits per heavy atom. The first kappa shape index (κ1) is 14.3. The van der Waals surface area contributed by atoms with Crippen molar-refractivity contribution in [1.82, 2.24) is 5.32 Å². The fourth-order valence-corrected chi connectivity index (χ4v) is 2.75. The van der Waals surface area contributed by atoms with E-state index in [0.717, 1.165) is 31.6 Å². The molecule has 1 saturated heterocycles. The summed E-state index contributed by atoms with van der Waals surface area (Å²) >= 11 is 0. The molecule has 1 heterocycles. The third-order valence-electron chi connectivity index (χ3n) is 4.37. The van der Waals surface area contributed by atoms with Crippen molar-refractivity contribution < 1.29 is 8.78 Å². The van der Waals surface area contributed by atoms with Crippen LogP contribution in [0.1, 0.15) is 33.6 Å². The molecular formula is C15H22F2N2. The fraction of sp³-hybridized carbons (Fsp3) is 0.600. The Kier molecular flexibility index (Phi) is 4.09. The molecule has 19 heavy (non-hydrogen) atoms. The van der Waals surface area contributed by atoms with Gasteiger partial charge in [-0.25, -0.2) is 8.78 Å². The second-order valence-electron chi connectivity index (χ2n) is 5.44. The zero-order valence-electron chi connectivity index (χ0n) is 11.8. The third kappa shape index (κ3) is 2.73. The van der Waals surface area contributed by atoms with Crippen LogP contribution in [-0.4, -0.2) is 24.7 Å². The lowest BCUT2D eigenvalue weighted by Crippen LogP contribution is -2.63. The van der Waals surface area contributed by atoms with Gasteiger partial charge in [-0.1, -0.05) is 13.8 Å². The van der Waals surface area contributed by atoms with Crippen LogP contribution in [0.2, 0.25) is 0 Å². The highest BCUT2D eigenvalue weighted by molar-refractivity contribution is 5.49. The van der Waals surface area contributed by atoms with E-state index in [9.17, 15) is 8.78 Å². The molecule has 106 valence electrons. The zero-order valence-corrected chi connectivity index (χ0v) is 11.8. The lowest BCUT2D eigenvalue weighted by Gasteiger charge is -2.47. The second kappa shape index (κ2) is 5.45. The van der Waals surface area contributed by atoms with Crippen LogP contribution >= 0.6 is 0 Å². The Morgan fingerprint density at radius 3 is 2.53 bits per heavy atom. The van der Waals surface area contributed by atoms with Crippen LogP contribution in [0.15, 0.2) is 18.2 Å². The van der Waals surface area contributed by atoms with Crippen LogP contribution in [-0.2, 0) is 0 Å². The fourth-order valence-electron chi connectivity index (χ4n) is 2.75. The van der Waals surface area contributed by atoms with E-state index < -0.39 is 11.6 Å². The maximum Gasteiger partial charge on any atom is 0.160 e. The Labute approximate surface area is 113 Å². The molecule has 1 fully saturated rings. The summed E-state index contributed by atoms with van der Waals surface area (Å²) in [5.41, 5.74) is 0.830. The SMILES string of the molecule is CCC1(CC)CN(c2ccc(F)c(F)c2)C(C)CN1. The summed E-state index contributed by atoms with van der Waals surface area (Å²) in [5.74, 6) is -1.56. The van der Waals surface area contributed by atoms with E-state index in [1.165, 1.54) is 12.1 Å². The van der Waals surface area contributed by atoms with Gasteiger partial charge in [0.1, 0.15) is 0 Å². The van der Waals surface area contributed by atoms with E-state index in [1.54, 1.807) is 6.07 Å². The number of hydrogen-bond acceptors (Lipinski definition) is 2. The number of hydrogen-bond donors (Lipinski definition) is 1. The normalized spacial score (nSPS) is 22.6. The van der Waals surface area contributed by atoms with Crippen molar-refractivity contribution in [3.05, 3.63) is 29.8 Å². The van der Waals surface area contributed by atoms with Crippen LogP contribution in [0.4, 0.5) is 14.5 Å². The first-order valence-corrected chi connectivity index (χ1v) is 6.98. The zero-order chi connectivity index (χ0) is 14.0. The van der Waals surface area contributed by atoms with Gasteiger partial charge in [0, 0.05) is 36.4 Å². The van der Waals surface area contributed by atoms with E-state index in [1.807, 2.05) is 0 Å².